The normalized spacial score (nSPS) is 12.7. The second-order valence-corrected chi connectivity index (χ2v) is 3.54. The van der Waals surface area contributed by atoms with Crippen LogP contribution in [-0.4, -0.2) is 19.6 Å². The molecule has 1 unspecified atom stereocenters. The van der Waals surface area contributed by atoms with Crippen LogP contribution in [0.5, 0.6) is 0 Å². The summed E-state index contributed by atoms with van der Waals surface area (Å²) in [4.78, 5) is 8.04. The van der Waals surface area contributed by atoms with Crippen LogP contribution in [0.25, 0.3) is 0 Å². The van der Waals surface area contributed by atoms with Gasteiger partial charge >= 0.3 is 0 Å². The summed E-state index contributed by atoms with van der Waals surface area (Å²) in [5.41, 5.74) is 1.76. The van der Waals surface area contributed by atoms with Crippen molar-refractivity contribution in [3.05, 3.63) is 48.3 Å². The van der Waals surface area contributed by atoms with Crippen LogP contribution in [0, 0.1) is 0 Å². The van der Waals surface area contributed by atoms with Gasteiger partial charge < -0.3 is 9.67 Å². The third-order valence-electron chi connectivity index (χ3n) is 2.24. The molecule has 2 heterocycles. The Hall–Kier alpha value is -1.68. The fraction of sp³-hybridized carbons (Fsp3) is 0.273. The van der Waals surface area contributed by atoms with E-state index in [4.69, 9.17) is 0 Å². The Kier molecular flexibility index (Phi) is 2.78. The molecule has 0 fully saturated rings. The Bertz CT molecular complexity index is 424. The maximum absolute atomic E-state index is 9.89. The first-order chi connectivity index (χ1) is 7.25. The van der Waals surface area contributed by atoms with Gasteiger partial charge in [0.05, 0.1) is 12.0 Å². The molecule has 0 aromatic carbocycles. The molecule has 0 aliphatic heterocycles. The summed E-state index contributed by atoms with van der Waals surface area (Å²) in [5.74, 6) is 0. The lowest BCUT2D eigenvalue weighted by atomic mass is 10.1. The van der Waals surface area contributed by atoms with Gasteiger partial charge in [0.25, 0.3) is 0 Å². The van der Waals surface area contributed by atoms with Gasteiger partial charge in [0, 0.05) is 32.1 Å². The van der Waals surface area contributed by atoms with Crippen LogP contribution in [0.15, 0.2) is 37.1 Å². The van der Waals surface area contributed by atoms with Gasteiger partial charge in [-0.15, -0.1) is 0 Å². The summed E-state index contributed by atoms with van der Waals surface area (Å²) in [6.45, 7) is 0. The van der Waals surface area contributed by atoms with Crippen LogP contribution in [0.1, 0.15) is 17.4 Å². The van der Waals surface area contributed by atoms with Crippen molar-refractivity contribution >= 4 is 0 Å². The van der Waals surface area contributed by atoms with Crippen molar-refractivity contribution in [2.75, 3.05) is 0 Å². The highest BCUT2D eigenvalue weighted by Gasteiger charge is 2.10. The molecule has 2 rings (SSSR count). The van der Waals surface area contributed by atoms with Crippen molar-refractivity contribution < 1.29 is 5.11 Å². The third kappa shape index (κ3) is 2.41. The first-order valence-electron chi connectivity index (χ1n) is 4.80. The molecule has 0 aliphatic carbocycles. The molecule has 78 valence electrons. The maximum Gasteiger partial charge on any atom is 0.101 e. The topological polar surface area (TPSA) is 50.9 Å². The molecule has 0 spiro atoms. The van der Waals surface area contributed by atoms with Gasteiger partial charge in [-0.25, -0.2) is 4.98 Å². The predicted octanol–water partition coefficient (Wildman–Crippen LogP) is 1.09. The first kappa shape index (κ1) is 9.86. The lowest BCUT2D eigenvalue weighted by Gasteiger charge is -2.06. The first-order valence-corrected chi connectivity index (χ1v) is 4.80. The quantitative estimate of drug-likeness (QED) is 0.812. The number of nitrogens with zero attached hydrogens (tertiary/aromatic N) is 3. The largest absolute Gasteiger partial charge is 0.386 e. The number of aryl methyl sites for hydroxylation is 1. The van der Waals surface area contributed by atoms with E-state index >= 15 is 0 Å². The molecule has 1 atom stereocenters. The predicted molar refractivity (Wildman–Crippen MR) is 56.1 cm³/mol. The maximum atomic E-state index is 9.89. The summed E-state index contributed by atoms with van der Waals surface area (Å²) in [6.07, 6.45) is 6.98. The standard InChI is InChI=1S/C11H13N3O/c1-14-7-10(13-8-14)11(15)6-9-2-4-12-5-3-9/h2-5,7-8,11,15H,6H2,1H3. The Morgan fingerprint density at radius 1 is 1.40 bits per heavy atom. The van der Waals surface area contributed by atoms with Crippen LogP contribution in [0.4, 0.5) is 0 Å². The molecular weight excluding hydrogens is 190 g/mol. The number of hydrogen-bond donors (Lipinski definition) is 1. The van der Waals surface area contributed by atoms with E-state index in [2.05, 4.69) is 9.97 Å². The molecular formula is C11H13N3O. The van der Waals surface area contributed by atoms with E-state index in [1.807, 2.05) is 29.9 Å². The molecule has 0 saturated heterocycles. The minimum Gasteiger partial charge on any atom is -0.386 e. The van der Waals surface area contributed by atoms with Gasteiger partial charge in [-0.1, -0.05) is 0 Å². The van der Waals surface area contributed by atoms with E-state index in [-0.39, 0.29) is 0 Å². The Labute approximate surface area is 88.2 Å². The zero-order chi connectivity index (χ0) is 10.7. The van der Waals surface area contributed by atoms with Gasteiger partial charge in [-0.3, -0.25) is 4.98 Å². The lowest BCUT2D eigenvalue weighted by Crippen LogP contribution is -2.02. The van der Waals surface area contributed by atoms with Crippen molar-refractivity contribution in [1.29, 1.82) is 0 Å². The van der Waals surface area contributed by atoms with Gasteiger partial charge in [-0.05, 0) is 17.7 Å². The van der Waals surface area contributed by atoms with Crippen LogP contribution >= 0.6 is 0 Å². The number of rotatable bonds is 3. The average Bonchev–Trinajstić information content (AvgIpc) is 2.66. The molecule has 1 N–H and O–H groups in total. The summed E-state index contributed by atoms with van der Waals surface area (Å²) in [7, 11) is 1.88. The molecule has 2 aromatic heterocycles. The van der Waals surface area contributed by atoms with Crippen LogP contribution in [-0.2, 0) is 13.5 Å². The highest BCUT2D eigenvalue weighted by Crippen LogP contribution is 2.15. The number of hydrogen-bond acceptors (Lipinski definition) is 3. The van der Waals surface area contributed by atoms with E-state index in [1.165, 1.54) is 0 Å². The zero-order valence-electron chi connectivity index (χ0n) is 8.54. The highest BCUT2D eigenvalue weighted by atomic mass is 16.3. The number of pyridine rings is 1. The number of aromatic nitrogens is 3. The number of aliphatic hydroxyl groups excluding tert-OH is 1. The van der Waals surface area contributed by atoms with Crippen molar-refractivity contribution in [1.82, 2.24) is 14.5 Å². The monoisotopic (exact) mass is 203 g/mol. The van der Waals surface area contributed by atoms with Crippen molar-refractivity contribution in [3.63, 3.8) is 0 Å². The Morgan fingerprint density at radius 2 is 2.13 bits per heavy atom. The van der Waals surface area contributed by atoms with Gasteiger partial charge in [-0.2, -0.15) is 0 Å². The molecule has 4 heteroatoms. The third-order valence-corrected chi connectivity index (χ3v) is 2.24. The van der Waals surface area contributed by atoms with Crippen molar-refractivity contribution in [2.45, 2.75) is 12.5 Å². The lowest BCUT2D eigenvalue weighted by molar-refractivity contribution is 0.174. The number of imidazole rings is 1. The average molecular weight is 203 g/mol. The summed E-state index contributed by atoms with van der Waals surface area (Å²) >= 11 is 0. The van der Waals surface area contributed by atoms with E-state index in [1.54, 1.807) is 18.7 Å². The molecule has 0 amide bonds. The minimum absolute atomic E-state index is 0.548. The molecule has 0 aliphatic rings. The molecule has 0 saturated carbocycles. The molecule has 15 heavy (non-hydrogen) atoms. The molecule has 2 aromatic rings. The molecule has 0 radical (unpaired) electrons. The zero-order valence-corrected chi connectivity index (χ0v) is 8.54. The van der Waals surface area contributed by atoms with Crippen LogP contribution in [0.3, 0.4) is 0 Å². The Balaban J connectivity index is 2.07. The number of aliphatic hydroxyl groups is 1. The molecule has 4 nitrogen and oxygen atoms in total. The minimum atomic E-state index is -0.548. The second-order valence-electron chi connectivity index (χ2n) is 3.54. The van der Waals surface area contributed by atoms with Gasteiger partial charge in [0.2, 0.25) is 0 Å². The highest BCUT2D eigenvalue weighted by molar-refractivity contribution is 5.14. The SMILES string of the molecule is Cn1cnc(C(O)Cc2ccncc2)c1. The van der Waals surface area contributed by atoms with Crippen molar-refractivity contribution in [3.8, 4) is 0 Å². The summed E-state index contributed by atoms with van der Waals surface area (Å²) in [5, 5.41) is 9.89. The smallest absolute Gasteiger partial charge is 0.101 e. The van der Waals surface area contributed by atoms with Gasteiger partial charge in [0.1, 0.15) is 6.10 Å². The van der Waals surface area contributed by atoms with Crippen LogP contribution < -0.4 is 0 Å². The molecule has 0 bridgehead atoms. The summed E-state index contributed by atoms with van der Waals surface area (Å²) < 4.78 is 1.82. The van der Waals surface area contributed by atoms with E-state index in [0.29, 0.717) is 12.1 Å². The van der Waals surface area contributed by atoms with Crippen molar-refractivity contribution in [2.24, 2.45) is 7.05 Å². The Morgan fingerprint density at radius 3 is 2.73 bits per heavy atom. The fourth-order valence-electron chi connectivity index (χ4n) is 1.45. The van der Waals surface area contributed by atoms with Gasteiger partial charge in [0.15, 0.2) is 0 Å². The van der Waals surface area contributed by atoms with E-state index < -0.39 is 6.10 Å². The fourth-order valence-corrected chi connectivity index (χ4v) is 1.45. The summed E-state index contributed by atoms with van der Waals surface area (Å²) in [6, 6.07) is 3.79. The van der Waals surface area contributed by atoms with E-state index in [9.17, 15) is 5.11 Å². The van der Waals surface area contributed by atoms with E-state index in [0.717, 1.165) is 5.56 Å². The second kappa shape index (κ2) is 4.23. The van der Waals surface area contributed by atoms with Crippen LogP contribution in [0.2, 0.25) is 0 Å².